The van der Waals surface area contributed by atoms with Crippen molar-refractivity contribution in [2.75, 3.05) is 13.2 Å². The molecule has 1 saturated carbocycles. The molecule has 0 spiro atoms. The number of imide groups is 1. The number of carbonyl (C=O) groups excluding carboxylic acids is 4. The molecule has 47 heavy (non-hydrogen) atoms. The Hall–Kier alpha value is -3.68. The SMILES string of the molecule is CC(C)CCCN1C(=O)C2CCCCC2C1=O.CC(C)COC(=O)c1ccc(OC(=O)OC(C)(C)C)cc1.CC(C)c1ccccc1. The third kappa shape index (κ3) is 14.3. The highest BCUT2D eigenvalue weighted by molar-refractivity contribution is 6.05. The zero-order valence-corrected chi connectivity index (χ0v) is 30.0. The number of amides is 2. The Morgan fingerprint density at radius 1 is 0.809 bits per heavy atom. The number of benzene rings is 2. The molecule has 1 aliphatic heterocycles. The van der Waals surface area contributed by atoms with E-state index in [2.05, 4.69) is 52.0 Å². The van der Waals surface area contributed by atoms with Crippen LogP contribution in [0.25, 0.3) is 0 Å². The summed E-state index contributed by atoms with van der Waals surface area (Å²) in [5.41, 5.74) is 1.21. The van der Waals surface area contributed by atoms with Crippen LogP contribution in [0.5, 0.6) is 5.75 Å². The topological polar surface area (TPSA) is 99.2 Å². The maximum atomic E-state index is 12.1. The van der Waals surface area contributed by atoms with Crippen molar-refractivity contribution >= 4 is 23.9 Å². The van der Waals surface area contributed by atoms with Crippen LogP contribution in [0.1, 0.15) is 123 Å². The first-order chi connectivity index (χ1) is 22.1. The first kappa shape index (κ1) is 39.5. The molecule has 0 radical (unpaired) electrons. The summed E-state index contributed by atoms with van der Waals surface area (Å²) in [5, 5.41) is 0. The van der Waals surface area contributed by atoms with E-state index in [4.69, 9.17) is 14.2 Å². The van der Waals surface area contributed by atoms with E-state index in [1.54, 1.807) is 37.8 Å². The Bertz CT molecular complexity index is 1240. The molecular formula is C39H57NO7. The molecular weight excluding hydrogens is 594 g/mol. The minimum absolute atomic E-state index is 0.0234. The predicted molar refractivity (Wildman–Crippen MR) is 185 cm³/mol. The number of nitrogens with zero attached hydrogens (tertiary/aromatic N) is 1. The Kier molecular flexibility index (Phi) is 16.1. The van der Waals surface area contributed by atoms with Crippen LogP contribution in [-0.4, -0.2) is 47.6 Å². The first-order valence-electron chi connectivity index (χ1n) is 17.2. The molecule has 8 heteroatoms. The number of ether oxygens (including phenoxy) is 3. The van der Waals surface area contributed by atoms with Crippen LogP contribution in [0.3, 0.4) is 0 Å². The normalized spacial score (nSPS) is 17.4. The number of likely N-dealkylation sites (tertiary alicyclic amines) is 1. The van der Waals surface area contributed by atoms with Gasteiger partial charge < -0.3 is 14.2 Å². The molecule has 2 aromatic rings. The second-order valence-electron chi connectivity index (χ2n) is 14.5. The molecule has 260 valence electrons. The minimum atomic E-state index is -0.780. The number of carbonyl (C=O) groups is 4. The molecule has 1 aliphatic carbocycles. The number of hydrogen-bond donors (Lipinski definition) is 0. The highest BCUT2D eigenvalue weighted by atomic mass is 16.7. The van der Waals surface area contributed by atoms with Gasteiger partial charge in [-0.25, -0.2) is 9.59 Å². The summed E-state index contributed by atoms with van der Waals surface area (Å²) in [5.74, 6) is 1.77. The molecule has 2 unspecified atom stereocenters. The maximum absolute atomic E-state index is 12.1. The monoisotopic (exact) mass is 651 g/mol. The number of hydrogen-bond acceptors (Lipinski definition) is 7. The van der Waals surface area contributed by atoms with Crippen molar-refractivity contribution in [1.82, 2.24) is 4.90 Å². The molecule has 0 N–H and O–H groups in total. The van der Waals surface area contributed by atoms with E-state index in [1.165, 1.54) is 17.7 Å². The lowest BCUT2D eigenvalue weighted by Crippen LogP contribution is -2.32. The van der Waals surface area contributed by atoms with E-state index in [-0.39, 0.29) is 29.6 Å². The van der Waals surface area contributed by atoms with Gasteiger partial charge >= 0.3 is 12.1 Å². The molecule has 2 amide bonds. The second-order valence-corrected chi connectivity index (χ2v) is 14.5. The number of esters is 1. The number of fused-ring (bicyclic) bond motifs is 1. The molecule has 2 aromatic carbocycles. The Morgan fingerprint density at radius 2 is 1.36 bits per heavy atom. The lowest BCUT2D eigenvalue weighted by atomic mass is 9.81. The highest BCUT2D eigenvalue weighted by Gasteiger charge is 2.47. The molecule has 4 rings (SSSR count). The third-order valence-electron chi connectivity index (χ3n) is 7.79. The van der Waals surface area contributed by atoms with Crippen LogP contribution in [-0.2, 0) is 19.1 Å². The average Bonchev–Trinajstić information content (AvgIpc) is 3.25. The van der Waals surface area contributed by atoms with E-state index in [1.807, 2.05) is 19.9 Å². The van der Waals surface area contributed by atoms with Crippen molar-refractivity contribution in [3.05, 3.63) is 65.7 Å². The fraction of sp³-hybridized carbons (Fsp3) is 0.590. The maximum Gasteiger partial charge on any atom is 0.514 e. The van der Waals surface area contributed by atoms with Gasteiger partial charge in [-0.3, -0.25) is 14.5 Å². The van der Waals surface area contributed by atoms with Gasteiger partial charge in [-0.1, -0.05) is 84.7 Å². The van der Waals surface area contributed by atoms with Gasteiger partial charge in [-0.15, -0.1) is 0 Å². The average molecular weight is 652 g/mol. The van der Waals surface area contributed by atoms with Gasteiger partial charge in [0.25, 0.3) is 0 Å². The second kappa shape index (κ2) is 19.2. The van der Waals surface area contributed by atoms with Gasteiger partial charge in [-0.2, -0.15) is 0 Å². The van der Waals surface area contributed by atoms with E-state index in [0.717, 1.165) is 38.5 Å². The Morgan fingerprint density at radius 3 is 1.81 bits per heavy atom. The van der Waals surface area contributed by atoms with Crippen molar-refractivity contribution < 1.29 is 33.4 Å². The summed E-state index contributed by atoms with van der Waals surface area (Å²) >= 11 is 0. The van der Waals surface area contributed by atoms with Crippen molar-refractivity contribution in [2.24, 2.45) is 23.7 Å². The molecule has 1 heterocycles. The van der Waals surface area contributed by atoms with Crippen molar-refractivity contribution in [2.45, 2.75) is 112 Å². The van der Waals surface area contributed by atoms with Crippen LogP contribution in [0, 0.1) is 23.7 Å². The summed E-state index contributed by atoms with van der Waals surface area (Å²) < 4.78 is 15.1. The van der Waals surface area contributed by atoms with E-state index < -0.39 is 17.7 Å². The third-order valence-corrected chi connectivity index (χ3v) is 7.79. The fourth-order valence-corrected chi connectivity index (χ4v) is 5.30. The minimum Gasteiger partial charge on any atom is -0.462 e. The van der Waals surface area contributed by atoms with Crippen molar-refractivity contribution in [3.63, 3.8) is 0 Å². The van der Waals surface area contributed by atoms with Gasteiger partial charge in [0.05, 0.1) is 24.0 Å². The quantitative estimate of drug-likeness (QED) is 0.151. The van der Waals surface area contributed by atoms with E-state index in [9.17, 15) is 19.2 Å². The first-order valence-corrected chi connectivity index (χ1v) is 17.2. The molecule has 0 aromatic heterocycles. The Balaban J connectivity index is 0.000000263. The predicted octanol–water partition coefficient (Wildman–Crippen LogP) is 9.22. The van der Waals surface area contributed by atoms with Gasteiger partial charge in [0.1, 0.15) is 11.4 Å². The summed E-state index contributed by atoms with van der Waals surface area (Å²) in [6.45, 7) is 19.0. The smallest absolute Gasteiger partial charge is 0.462 e. The zero-order chi connectivity index (χ0) is 35.1. The van der Waals surface area contributed by atoms with Gasteiger partial charge in [0.2, 0.25) is 11.8 Å². The summed E-state index contributed by atoms with van der Waals surface area (Å²) in [6, 6.07) is 16.7. The largest absolute Gasteiger partial charge is 0.514 e. The van der Waals surface area contributed by atoms with Gasteiger partial charge in [0.15, 0.2) is 0 Å². The highest BCUT2D eigenvalue weighted by Crippen LogP contribution is 2.38. The molecule has 2 fully saturated rings. The summed E-state index contributed by atoms with van der Waals surface area (Å²) in [6.07, 6.45) is 5.34. The standard InChI is InChI=1S/C16H22O5.C14H23NO2.C9H12/c1-11(2)10-19-14(17)12-6-8-13(9-7-12)20-15(18)21-16(3,4)5;1-10(2)6-5-9-15-13(16)11-7-3-4-8-12(11)14(15)17;1-8(2)9-6-4-3-5-7-9/h6-9,11H,10H2,1-5H3;10-12H,3-9H2,1-2H3;3-8H,1-2H3. The fourth-order valence-electron chi connectivity index (χ4n) is 5.30. The lowest BCUT2D eigenvalue weighted by molar-refractivity contribution is -0.140. The molecule has 8 nitrogen and oxygen atoms in total. The van der Waals surface area contributed by atoms with Crippen molar-refractivity contribution in [3.8, 4) is 5.75 Å². The molecule has 2 atom stereocenters. The molecule has 1 saturated heterocycles. The van der Waals surface area contributed by atoms with Crippen LogP contribution in [0.15, 0.2) is 54.6 Å². The zero-order valence-electron chi connectivity index (χ0n) is 30.0. The summed E-state index contributed by atoms with van der Waals surface area (Å²) in [4.78, 5) is 49.0. The van der Waals surface area contributed by atoms with Crippen LogP contribution < -0.4 is 4.74 Å². The van der Waals surface area contributed by atoms with E-state index in [0.29, 0.717) is 36.3 Å². The van der Waals surface area contributed by atoms with E-state index >= 15 is 0 Å². The van der Waals surface area contributed by atoms with Crippen molar-refractivity contribution in [1.29, 1.82) is 0 Å². The van der Waals surface area contributed by atoms with Gasteiger partial charge in [0, 0.05) is 6.54 Å². The molecule has 2 aliphatic rings. The Labute approximate surface area is 282 Å². The molecule has 0 bridgehead atoms. The van der Waals surface area contributed by atoms with Crippen LogP contribution in [0.4, 0.5) is 4.79 Å². The van der Waals surface area contributed by atoms with Gasteiger partial charge in [-0.05, 0) is 94.0 Å². The van der Waals surface area contributed by atoms with Crippen LogP contribution in [0.2, 0.25) is 0 Å². The lowest BCUT2D eigenvalue weighted by Gasteiger charge is -2.19. The van der Waals surface area contributed by atoms with Crippen LogP contribution >= 0.6 is 0 Å². The summed E-state index contributed by atoms with van der Waals surface area (Å²) in [7, 11) is 0. The number of rotatable bonds is 9.